The zero-order valence-corrected chi connectivity index (χ0v) is 12.6. The van der Waals surface area contributed by atoms with Crippen LogP contribution in [0.2, 0.25) is 0 Å². The molecule has 2 heterocycles. The van der Waals surface area contributed by atoms with Gasteiger partial charge in [0.1, 0.15) is 5.82 Å². The first-order chi connectivity index (χ1) is 9.65. The third-order valence-corrected chi connectivity index (χ3v) is 3.80. The third-order valence-electron chi connectivity index (χ3n) is 3.80. The molecule has 2 rings (SSSR count). The average Bonchev–Trinajstić information content (AvgIpc) is 2.47. The Bertz CT molecular complexity index is 412. The standard InChI is InChI=1S/C14H25N5O/c1-19(2)13-16-7-4-12(18-13)17-10-14(11-20-3)5-8-15-9-6-14/h4,7,15H,5-6,8-11H2,1-3H3,(H,16,17,18). The van der Waals surface area contributed by atoms with Gasteiger partial charge in [-0.05, 0) is 32.0 Å². The van der Waals surface area contributed by atoms with Crippen LogP contribution in [0.25, 0.3) is 0 Å². The molecule has 0 aromatic carbocycles. The predicted molar refractivity (Wildman–Crippen MR) is 81.3 cm³/mol. The second-order valence-electron chi connectivity index (χ2n) is 5.67. The van der Waals surface area contributed by atoms with Gasteiger partial charge in [0.05, 0.1) is 6.61 Å². The first-order valence-corrected chi connectivity index (χ1v) is 7.09. The highest BCUT2D eigenvalue weighted by Crippen LogP contribution is 2.29. The van der Waals surface area contributed by atoms with E-state index >= 15 is 0 Å². The molecule has 0 aliphatic carbocycles. The van der Waals surface area contributed by atoms with Gasteiger partial charge >= 0.3 is 0 Å². The van der Waals surface area contributed by atoms with Crippen LogP contribution in [-0.4, -0.2) is 57.4 Å². The van der Waals surface area contributed by atoms with E-state index in [-0.39, 0.29) is 5.41 Å². The number of hydrogen-bond acceptors (Lipinski definition) is 6. The maximum absolute atomic E-state index is 5.43. The summed E-state index contributed by atoms with van der Waals surface area (Å²) in [6, 6.07) is 1.91. The molecular formula is C14H25N5O. The van der Waals surface area contributed by atoms with Crippen LogP contribution in [0.4, 0.5) is 11.8 Å². The molecule has 2 N–H and O–H groups in total. The highest BCUT2D eigenvalue weighted by Gasteiger charge is 2.32. The second kappa shape index (κ2) is 6.85. The van der Waals surface area contributed by atoms with Gasteiger partial charge in [-0.2, -0.15) is 4.98 Å². The van der Waals surface area contributed by atoms with Gasteiger partial charge in [0.15, 0.2) is 0 Å². The van der Waals surface area contributed by atoms with Crippen LogP contribution in [0.15, 0.2) is 12.3 Å². The summed E-state index contributed by atoms with van der Waals surface area (Å²) in [5, 5.41) is 6.85. The molecule has 0 bridgehead atoms. The molecule has 6 heteroatoms. The number of piperidine rings is 1. The van der Waals surface area contributed by atoms with Gasteiger partial charge in [-0.1, -0.05) is 0 Å². The molecule has 0 spiro atoms. The first-order valence-electron chi connectivity index (χ1n) is 7.09. The number of nitrogens with zero attached hydrogens (tertiary/aromatic N) is 3. The smallest absolute Gasteiger partial charge is 0.226 e. The van der Waals surface area contributed by atoms with Crippen LogP contribution in [0, 0.1) is 5.41 Å². The molecule has 0 amide bonds. The molecule has 6 nitrogen and oxygen atoms in total. The highest BCUT2D eigenvalue weighted by molar-refractivity contribution is 5.40. The average molecular weight is 279 g/mol. The Morgan fingerprint density at radius 3 is 2.80 bits per heavy atom. The normalized spacial score (nSPS) is 17.8. The minimum Gasteiger partial charge on any atom is -0.384 e. The fourth-order valence-corrected chi connectivity index (χ4v) is 2.58. The Morgan fingerprint density at radius 1 is 1.40 bits per heavy atom. The first kappa shape index (κ1) is 15.0. The van der Waals surface area contributed by atoms with E-state index in [9.17, 15) is 0 Å². The van der Waals surface area contributed by atoms with Crippen LogP contribution in [-0.2, 0) is 4.74 Å². The largest absolute Gasteiger partial charge is 0.384 e. The summed E-state index contributed by atoms with van der Waals surface area (Å²) in [5.74, 6) is 1.60. The summed E-state index contributed by atoms with van der Waals surface area (Å²) in [7, 11) is 5.66. The van der Waals surface area contributed by atoms with E-state index in [4.69, 9.17) is 4.74 Å². The van der Waals surface area contributed by atoms with Gasteiger partial charge in [0.2, 0.25) is 5.95 Å². The predicted octanol–water partition coefficient (Wildman–Crippen LogP) is 0.971. The van der Waals surface area contributed by atoms with Gasteiger partial charge in [-0.3, -0.25) is 0 Å². The summed E-state index contributed by atoms with van der Waals surface area (Å²) < 4.78 is 5.43. The number of ether oxygens (including phenoxy) is 1. The lowest BCUT2D eigenvalue weighted by Gasteiger charge is -2.37. The molecule has 20 heavy (non-hydrogen) atoms. The van der Waals surface area contributed by atoms with E-state index in [1.165, 1.54) is 0 Å². The fraction of sp³-hybridized carbons (Fsp3) is 0.714. The van der Waals surface area contributed by atoms with Gasteiger partial charge in [0.25, 0.3) is 0 Å². The molecule has 1 aromatic heterocycles. The fourth-order valence-electron chi connectivity index (χ4n) is 2.58. The maximum Gasteiger partial charge on any atom is 0.226 e. The second-order valence-corrected chi connectivity index (χ2v) is 5.67. The van der Waals surface area contributed by atoms with Gasteiger partial charge in [-0.25, -0.2) is 4.98 Å². The summed E-state index contributed by atoms with van der Waals surface area (Å²) in [6.45, 7) is 3.77. The number of anilines is 2. The Labute approximate surface area is 120 Å². The van der Waals surface area contributed by atoms with Crippen molar-refractivity contribution in [2.45, 2.75) is 12.8 Å². The number of methoxy groups -OCH3 is 1. The van der Waals surface area contributed by atoms with Crippen molar-refractivity contribution in [1.29, 1.82) is 0 Å². The quantitative estimate of drug-likeness (QED) is 0.809. The van der Waals surface area contributed by atoms with E-state index in [1.54, 1.807) is 13.3 Å². The molecule has 1 aliphatic rings. The monoisotopic (exact) mass is 279 g/mol. The van der Waals surface area contributed by atoms with Crippen molar-refractivity contribution < 1.29 is 4.74 Å². The molecule has 0 saturated carbocycles. The van der Waals surface area contributed by atoms with Crippen LogP contribution >= 0.6 is 0 Å². The molecule has 1 aromatic rings. The number of nitrogens with one attached hydrogen (secondary N) is 2. The van der Waals surface area contributed by atoms with Crippen molar-refractivity contribution in [2.75, 3.05) is 57.7 Å². The van der Waals surface area contributed by atoms with E-state index in [0.717, 1.165) is 50.8 Å². The van der Waals surface area contributed by atoms with Crippen LogP contribution in [0.1, 0.15) is 12.8 Å². The summed E-state index contributed by atoms with van der Waals surface area (Å²) >= 11 is 0. The minimum atomic E-state index is 0.198. The Balaban J connectivity index is 2.00. The van der Waals surface area contributed by atoms with Crippen molar-refractivity contribution in [3.63, 3.8) is 0 Å². The summed E-state index contributed by atoms with van der Waals surface area (Å²) in [5.41, 5.74) is 0.198. The van der Waals surface area contributed by atoms with Crippen molar-refractivity contribution >= 4 is 11.8 Å². The van der Waals surface area contributed by atoms with Crippen LogP contribution in [0.5, 0.6) is 0 Å². The molecule has 0 atom stereocenters. The Morgan fingerprint density at radius 2 is 2.15 bits per heavy atom. The van der Waals surface area contributed by atoms with Crippen molar-refractivity contribution in [3.05, 3.63) is 12.3 Å². The summed E-state index contributed by atoms with van der Waals surface area (Å²) in [6.07, 6.45) is 4.04. The Kier molecular flexibility index (Phi) is 5.14. The number of aromatic nitrogens is 2. The van der Waals surface area contributed by atoms with Crippen molar-refractivity contribution in [3.8, 4) is 0 Å². The van der Waals surface area contributed by atoms with E-state index < -0.39 is 0 Å². The number of hydrogen-bond donors (Lipinski definition) is 2. The Hall–Kier alpha value is -1.40. The number of rotatable bonds is 6. The SMILES string of the molecule is COCC1(CNc2ccnc(N(C)C)n2)CCNCC1. The van der Waals surface area contributed by atoms with Gasteiger partial charge < -0.3 is 20.3 Å². The van der Waals surface area contributed by atoms with E-state index in [2.05, 4.69) is 20.6 Å². The molecule has 0 unspecified atom stereocenters. The molecular weight excluding hydrogens is 254 g/mol. The van der Waals surface area contributed by atoms with Crippen LogP contribution < -0.4 is 15.5 Å². The lowest BCUT2D eigenvalue weighted by Crippen LogP contribution is -2.44. The van der Waals surface area contributed by atoms with E-state index in [0.29, 0.717) is 0 Å². The summed E-state index contributed by atoms with van der Waals surface area (Å²) in [4.78, 5) is 10.6. The molecule has 112 valence electrons. The third kappa shape index (κ3) is 3.80. The van der Waals surface area contributed by atoms with Crippen LogP contribution in [0.3, 0.4) is 0 Å². The molecule has 1 aliphatic heterocycles. The van der Waals surface area contributed by atoms with Gasteiger partial charge in [-0.15, -0.1) is 0 Å². The zero-order valence-electron chi connectivity index (χ0n) is 12.6. The topological polar surface area (TPSA) is 62.3 Å². The lowest BCUT2D eigenvalue weighted by molar-refractivity contribution is 0.0635. The minimum absolute atomic E-state index is 0.198. The molecule has 1 saturated heterocycles. The molecule has 0 radical (unpaired) electrons. The van der Waals surface area contributed by atoms with E-state index in [1.807, 2.05) is 25.1 Å². The van der Waals surface area contributed by atoms with Crippen molar-refractivity contribution in [1.82, 2.24) is 15.3 Å². The van der Waals surface area contributed by atoms with Gasteiger partial charge in [0, 0.05) is 39.4 Å². The van der Waals surface area contributed by atoms with Crippen molar-refractivity contribution in [2.24, 2.45) is 5.41 Å². The zero-order chi connectivity index (χ0) is 14.4. The highest BCUT2D eigenvalue weighted by atomic mass is 16.5. The molecule has 1 fully saturated rings. The lowest BCUT2D eigenvalue weighted by atomic mass is 9.79. The maximum atomic E-state index is 5.43.